The minimum Gasteiger partial charge on any atom is -0.506 e. The molecule has 7 nitrogen and oxygen atoms in total. The van der Waals surface area contributed by atoms with Gasteiger partial charge >= 0.3 is 5.97 Å². The Morgan fingerprint density at radius 2 is 2.14 bits per heavy atom. The molecule has 29 heavy (non-hydrogen) atoms. The van der Waals surface area contributed by atoms with Crippen LogP contribution >= 0.6 is 34.5 Å². The molecule has 0 aliphatic carbocycles. The fraction of sp³-hybridized carbons (Fsp3) is 0.211. The molecule has 2 heterocycles. The molecular weight excluding hydrogens is 439 g/mol. The third kappa shape index (κ3) is 4.62. The lowest BCUT2D eigenvalue weighted by atomic mass is 10.2. The van der Waals surface area contributed by atoms with Gasteiger partial charge in [-0.25, -0.2) is 9.78 Å². The topological polar surface area (TPSA) is 102 Å². The first-order valence-electron chi connectivity index (χ1n) is 8.37. The molecule has 2 N–H and O–H groups in total. The summed E-state index contributed by atoms with van der Waals surface area (Å²) in [5, 5.41) is 10.2. The zero-order valence-electron chi connectivity index (χ0n) is 15.4. The number of phenolic OH excluding ortho intramolecular Hbond substituents is 1. The van der Waals surface area contributed by atoms with E-state index in [0.29, 0.717) is 26.2 Å². The van der Waals surface area contributed by atoms with E-state index in [9.17, 15) is 14.7 Å². The number of carbonyl (C=O) groups is 1. The predicted molar refractivity (Wildman–Crippen MR) is 114 cm³/mol. The van der Waals surface area contributed by atoms with Gasteiger partial charge in [0.25, 0.3) is 5.56 Å². The summed E-state index contributed by atoms with van der Waals surface area (Å²) in [5.41, 5.74) is 0.702. The number of phenols is 1. The Hall–Kier alpha value is -2.39. The summed E-state index contributed by atoms with van der Waals surface area (Å²) < 4.78 is 9.99. The first kappa shape index (κ1) is 21.3. The number of hydrogen-bond donors (Lipinski definition) is 2. The molecule has 0 bridgehead atoms. The van der Waals surface area contributed by atoms with Gasteiger partial charge in [0.1, 0.15) is 22.1 Å². The molecule has 2 aromatic heterocycles. The van der Waals surface area contributed by atoms with Crippen LogP contribution in [0, 0.1) is 6.92 Å². The molecule has 0 atom stereocenters. The number of methoxy groups -OCH3 is 1. The average Bonchev–Trinajstić information content (AvgIpc) is 3.02. The maximum atomic E-state index is 12.6. The van der Waals surface area contributed by atoms with Crippen LogP contribution in [0.5, 0.6) is 5.75 Å². The van der Waals surface area contributed by atoms with Gasteiger partial charge < -0.3 is 19.6 Å². The Bertz CT molecular complexity index is 1170. The molecule has 0 fully saturated rings. The van der Waals surface area contributed by atoms with Crippen LogP contribution < -0.4 is 5.56 Å². The molecule has 0 radical (unpaired) electrons. The van der Waals surface area contributed by atoms with Crippen molar-refractivity contribution in [3.05, 3.63) is 55.4 Å². The van der Waals surface area contributed by atoms with Crippen molar-refractivity contribution in [2.45, 2.75) is 6.92 Å². The van der Waals surface area contributed by atoms with Gasteiger partial charge in [0.2, 0.25) is 0 Å². The number of ether oxygens (including phenoxy) is 2. The van der Waals surface area contributed by atoms with Gasteiger partial charge in [0.15, 0.2) is 5.82 Å². The quantitative estimate of drug-likeness (QED) is 0.427. The van der Waals surface area contributed by atoms with Crippen LogP contribution in [0.3, 0.4) is 0 Å². The highest BCUT2D eigenvalue weighted by atomic mass is 35.5. The molecule has 0 saturated carbocycles. The molecular formula is C19H16Cl2N2O5S. The maximum Gasteiger partial charge on any atom is 0.348 e. The van der Waals surface area contributed by atoms with E-state index in [1.54, 1.807) is 19.1 Å². The zero-order valence-corrected chi connectivity index (χ0v) is 17.7. The molecule has 10 heteroatoms. The molecule has 3 aromatic rings. The largest absolute Gasteiger partial charge is 0.506 e. The summed E-state index contributed by atoms with van der Waals surface area (Å²) in [6.07, 6.45) is 1.55. The monoisotopic (exact) mass is 454 g/mol. The van der Waals surface area contributed by atoms with E-state index in [-0.39, 0.29) is 34.8 Å². The standard InChI is InChI=1S/C19H16Cl2N2O5S/c1-9-14-17(25)22-16(12(21)8-10-3-4-13(24)11(20)7-10)23-18(14)29-15(9)19(26)28-6-5-27-2/h3-4,7-8,24H,5-6H2,1-2H3,(H,22,23,25)/b12-8-. The number of rotatable bonds is 6. The first-order valence-corrected chi connectivity index (χ1v) is 9.94. The number of halogens is 2. The summed E-state index contributed by atoms with van der Waals surface area (Å²) in [6.45, 7) is 2.06. The number of aromatic nitrogens is 2. The first-order chi connectivity index (χ1) is 13.8. The van der Waals surface area contributed by atoms with Crippen molar-refractivity contribution in [1.82, 2.24) is 9.97 Å². The molecule has 0 spiro atoms. The number of fused-ring (bicyclic) bond motifs is 1. The van der Waals surface area contributed by atoms with Gasteiger partial charge in [-0.1, -0.05) is 29.3 Å². The Labute approximate surface area is 179 Å². The van der Waals surface area contributed by atoms with Crippen molar-refractivity contribution in [3.63, 3.8) is 0 Å². The molecule has 1 aromatic carbocycles. The number of nitrogens with one attached hydrogen (secondary N) is 1. The van der Waals surface area contributed by atoms with E-state index >= 15 is 0 Å². The number of esters is 1. The summed E-state index contributed by atoms with van der Waals surface area (Å²) in [4.78, 5) is 32.5. The van der Waals surface area contributed by atoms with Crippen LogP contribution in [-0.4, -0.2) is 41.4 Å². The van der Waals surface area contributed by atoms with Gasteiger partial charge in [-0.3, -0.25) is 4.79 Å². The van der Waals surface area contributed by atoms with E-state index in [1.807, 2.05) is 0 Å². The highest BCUT2D eigenvalue weighted by Crippen LogP contribution is 2.30. The van der Waals surface area contributed by atoms with Crippen LogP contribution in [0.25, 0.3) is 21.3 Å². The highest BCUT2D eigenvalue weighted by Gasteiger charge is 2.21. The number of carbonyl (C=O) groups excluding carboxylic acids is 1. The van der Waals surface area contributed by atoms with Crippen molar-refractivity contribution in [3.8, 4) is 5.75 Å². The van der Waals surface area contributed by atoms with Crippen molar-refractivity contribution in [1.29, 1.82) is 0 Å². The summed E-state index contributed by atoms with van der Waals surface area (Å²) in [5.74, 6) is -0.440. The molecule has 0 aliphatic heterocycles. The number of thiophene rings is 1. The number of aryl methyl sites for hydroxylation is 1. The lowest BCUT2D eigenvalue weighted by molar-refractivity contribution is 0.0393. The smallest absolute Gasteiger partial charge is 0.348 e. The number of aromatic amines is 1. The van der Waals surface area contributed by atoms with Crippen LogP contribution in [0.15, 0.2) is 23.0 Å². The fourth-order valence-electron chi connectivity index (χ4n) is 2.56. The van der Waals surface area contributed by atoms with Crippen molar-refractivity contribution >= 4 is 61.8 Å². The third-order valence-electron chi connectivity index (χ3n) is 4.00. The number of H-pyrrole nitrogens is 1. The lowest BCUT2D eigenvalue weighted by Crippen LogP contribution is -2.11. The molecule has 0 amide bonds. The van der Waals surface area contributed by atoms with Gasteiger partial charge in [-0.15, -0.1) is 11.3 Å². The third-order valence-corrected chi connectivity index (χ3v) is 5.75. The second kappa shape index (κ2) is 8.96. The summed E-state index contributed by atoms with van der Waals surface area (Å²) >= 11 is 13.3. The van der Waals surface area contributed by atoms with Gasteiger partial charge in [0.05, 0.1) is 22.0 Å². The van der Waals surface area contributed by atoms with E-state index in [2.05, 4.69) is 9.97 Å². The van der Waals surface area contributed by atoms with Crippen LogP contribution in [0.1, 0.15) is 26.6 Å². The fourth-order valence-corrected chi connectivity index (χ4v) is 4.04. The minimum absolute atomic E-state index is 0.0492. The second-order valence-corrected chi connectivity index (χ2v) is 7.80. The van der Waals surface area contributed by atoms with E-state index in [1.165, 1.54) is 19.2 Å². The zero-order chi connectivity index (χ0) is 21.1. The molecule has 3 rings (SSSR count). The van der Waals surface area contributed by atoms with Crippen molar-refractivity contribution in [2.24, 2.45) is 0 Å². The molecule has 0 aliphatic rings. The summed E-state index contributed by atoms with van der Waals surface area (Å²) in [7, 11) is 1.51. The Kier molecular flexibility index (Phi) is 6.59. The summed E-state index contributed by atoms with van der Waals surface area (Å²) in [6, 6.07) is 4.57. The van der Waals surface area contributed by atoms with Gasteiger partial charge in [-0.05, 0) is 36.3 Å². The predicted octanol–water partition coefficient (Wildman–Crippen LogP) is 4.19. The highest BCUT2D eigenvalue weighted by molar-refractivity contribution is 7.20. The normalized spacial score (nSPS) is 11.8. The van der Waals surface area contributed by atoms with Crippen molar-refractivity contribution < 1.29 is 19.4 Å². The van der Waals surface area contributed by atoms with E-state index < -0.39 is 11.5 Å². The number of hydrogen-bond acceptors (Lipinski definition) is 7. The Balaban J connectivity index is 1.98. The number of benzene rings is 1. The Morgan fingerprint density at radius 3 is 2.83 bits per heavy atom. The molecule has 0 unspecified atom stereocenters. The van der Waals surface area contributed by atoms with Gasteiger partial charge in [0, 0.05) is 7.11 Å². The number of aromatic hydroxyl groups is 1. The van der Waals surface area contributed by atoms with E-state index in [4.69, 9.17) is 32.7 Å². The Morgan fingerprint density at radius 1 is 1.38 bits per heavy atom. The average molecular weight is 455 g/mol. The van der Waals surface area contributed by atoms with Crippen LogP contribution in [0.2, 0.25) is 5.02 Å². The van der Waals surface area contributed by atoms with Crippen molar-refractivity contribution in [2.75, 3.05) is 20.3 Å². The molecule has 152 valence electrons. The number of nitrogens with zero attached hydrogens (tertiary/aromatic N) is 1. The minimum atomic E-state index is -0.538. The lowest BCUT2D eigenvalue weighted by Gasteiger charge is -2.02. The van der Waals surface area contributed by atoms with Gasteiger partial charge in [-0.2, -0.15) is 0 Å². The molecule has 0 saturated heterocycles. The van der Waals surface area contributed by atoms with Crippen LogP contribution in [-0.2, 0) is 9.47 Å². The maximum absolute atomic E-state index is 12.6. The van der Waals surface area contributed by atoms with E-state index in [0.717, 1.165) is 11.3 Å². The SMILES string of the molecule is COCCOC(=O)c1sc2nc(/C(Cl)=C/c3ccc(O)c(Cl)c3)[nH]c(=O)c2c1C. The second-order valence-electron chi connectivity index (χ2n) is 5.98. The van der Waals surface area contributed by atoms with Crippen LogP contribution in [0.4, 0.5) is 0 Å².